The molecule has 1 aromatic carbocycles. The fourth-order valence-corrected chi connectivity index (χ4v) is 5.31. The predicted octanol–water partition coefficient (Wildman–Crippen LogP) is 3.07. The van der Waals surface area contributed by atoms with Crippen molar-refractivity contribution in [2.45, 2.75) is 35.1 Å². The van der Waals surface area contributed by atoms with Crippen LogP contribution in [0.5, 0.6) is 0 Å². The van der Waals surface area contributed by atoms with Gasteiger partial charge in [-0.05, 0) is 54.9 Å². The number of piperidine rings is 1. The van der Waals surface area contributed by atoms with E-state index in [9.17, 15) is 4.79 Å². The lowest BCUT2D eigenvalue weighted by Crippen LogP contribution is -2.51. The molecule has 150 valence electrons. The van der Waals surface area contributed by atoms with E-state index in [0.717, 1.165) is 53.2 Å². The highest BCUT2D eigenvalue weighted by atomic mass is 32.2. The van der Waals surface area contributed by atoms with Gasteiger partial charge in [0.05, 0.1) is 12.0 Å². The van der Waals surface area contributed by atoms with Crippen molar-refractivity contribution in [2.24, 2.45) is 7.05 Å². The minimum atomic E-state index is -0.438. The SMILES string of the molecule is CN1C(=O)C2(CCCN(Cc3ccc(Sc4nncn4C)o3)C2)c2ccccc21. The molecule has 0 saturated carbocycles. The number of hydrogen-bond acceptors (Lipinski definition) is 6. The molecule has 2 aliphatic heterocycles. The van der Waals surface area contributed by atoms with Gasteiger partial charge in [-0.25, -0.2) is 0 Å². The first-order valence-corrected chi connectivity index (χ1v) is 10.6. The molecule has 4 heterocycles. The summed E-state index contributed by atoms with van der Waals surface area (Å²) in [6.45, 7) is 2.38. The Balaban J connectivity index is 1.34. The minimum absolute atomic E-state index is 0.210. The van der Waals surface area contributed by atoms with Gasteiger partial charge in [-0.3, -0.25) is 9.69 Å². The highest BCUT2D eigenvalue weighted by molar-refractivity contribution is 7.99. The molecular weight excluding hydrogens is 386 g/mol. The summed E-state index contributed by atoms with van der Waals surface area (Å²) >= 11 is 1.46. The smallest absolute Gasteiger partial charge is 0.238 e. The Bertz CT molecular complexity index is 1060. The van der Waals surface area contributed by atoms with E-state index in [4.69, 9.17) is 4.42 Å². The van der Waals surface area contributed by atoms with E-state index in [2.05, 4.69) is 21.2 Å². The van der Waals surface area contributed by atoms with E-state index in [1.165, 1.54) is 11.8 Å². The van der Waals surface area contributed by atoms with Crippen molar-refractivity contribution in [3.63, 3.8) is 0 Å². The standard InChI is InChI=1S/C21H23N5O2S/c1-24-14-22-23-20(24)29-18-9-8-15(28-18)12-26-11-5-10-21(13-26)16-6-3-4-7-17(16)25(2)19(21)27/h3-4,6-9,14H,5,10-13H2,1-2H3. The zero-order valence-corrected chi connectivity index (χ0v) is 17.4. The Kier molecular flexibility index (Phi) is 4.48. The summed E-state index contributed by atoms with van der Waals surface area (Å²) in [7, 11) is 3.80. The molecule has 1 unspecified atom stereocenters. The maximum Gasteiger partial charge on any atom is 0.238 e. The lowest BCUT2D eigenvalue weighted by Gasteiger charge is -2.39. The summed E-state index contributed by atoms with van der Waals surface area (Å²) < 4.78 is 7.89. The van der Waals surface area contributed by atoms with Gasteiger partial charge >= 0.3 is 0 Å². The van der Waals surface area contributed by atoms with Crippen molar-refractivity contribution in [3.05, 3.63) is 54.0 Å². The molecule has 0 radical (unpaired) electrons. The Morgan fingerprint density at radius 2 is 2.07 bits per heavy atom. The maximum absolute atomic E-state index is 13.2. The van der Waals surface area contributed by atoms with Gasteiger partial charge in [-0.15, -0.1) is 10.2 Å². The van der Waals surface area contributed by atoms with E-state index in [0.29, 0.717) is 6.54 Å². The van der Waals surface area contributed by atoms with Crippen LogP contribution < -0.4 is 4.90 Å². The van der Waals surface area contributed by atoms with Crippen molar-refractivity contribution >= 4 is 23.4 Å². The monoisotopic (exact) mass is 409 g/mol. The van der Waals surface area contributed by atoms with Crippen LogP contribution in [-0.2, 0) is 23.8 Å². The molecule has 2 aliphatic rings. The lowest BCUT2D eigenvalue weighted by atomic mass is 9.75. The van der Waals surface area contributed by atoms with E-state index < -0.39 is 5.41 Å². The molecule has 0 bridgehead atoms. The molecule has 1 spiro atoms. The van der Waals surface area contributed by atoms with Gasteiger partial charge in [0.15, 0.2) is 10.2 Å². The number of nitrogens with zero attached hydrogens (tertiary/aromatic N) is 5. The molecule has 0 aliphatic carbocycles. The molecule has 7 nitrogen and oxygen atoms in total. The number of aromatic nitrogens is 3. The van der Waals surface area contributed by atoms with Crippen LogP contribution in [0.15, 0.2) is 57.4 Å². The Morgan fingerprint density at radius 1 is 1.21 bits per heavy atom. The number of carbonyl (C=O) groups excluding carboxylic acids is 1. The first-order valence-electron chi connectivity index (χ1n) is 9.77. The fraction of sp³-hybridized carbons (Fsp3) is 0.381. The number of aryl methyl sites for hydroxylation is 1. The molecule has 0 N–H and O–H groups in total. The molecule has 1 atom stereocenters. The fourth-order valence-electron chi connectivity index (χ4n) is 4.56. The molecule has 1 saturated heterocycles. The van der Waals surface area contributed by atoms with Gasteiger partial charge < -0.3 is 13.9 Å². The highest BCUT2D eigenvalue weighted by Gasteiger charge is 2.51. The average molecular weight is 410 g/mol. The van der Waals surface area contributed by atoms with Crippen LogP contribution in [-0.4, -0.2) is 45.7 Å². The maximum atomic E-state index is 13.2. The molecule has 1 fully saturated rings. The molecule has 8 heteroatoms. The second-order valence-corrected chi connectivity index (χ2v) is 8.80. The molecule has 2 aromatic heterocycles. The summed E-state index contributed by atoms with van der Waals surface area (Å²) in [5, 5.41) is 9.57. The number of benzene rings is 1. The van der Waals surface area contributed by atoms with Crippen LogP contribution in [0, 0.1) is 0 Å². The summed E-state index contributed by atoms with van der Waals surface area (Å²) in [6, 6.07) is 12.2. The molecule has 29 heavy (non-hydrogen) atoms. The van der Waals surface area contributed by atoms with Crippen molar-refractivity contribution in [2.75, 3.05) is 25.0 Å². The molecule has 1 amide bonds. The van der Waals surface area contributed by atoms with Crippen LogP contribution in [0.3, 0.4) is 0 Å². The summed E-state index contributed by atoms with van der Waals surface area (Å²) in [4.78, 5) is 17.4. The van der Waals surface area contributed by atoms with Crippen molar-refractivity contribution in [1.29, 1.82) is 0 Å². The Morgan fingerprint density at radius 3 is 2.90 bits per heavy atom. The van der Waals surface area contributed by atoms with Crippen LogP contribution in [0.2, 0.25) is 0 Å². The first kappa shape index (κ1) is 18.4. The second kappa shape index (κ2) is 7.03. The van der Waals surface area contributed by atoms with Gasteiger partial charge in [-0.2, -0.15) is 0 Å². The van der Waals surface area contributed by atoms with Crippen LogP contribution in [0.4, 0.5) is 5.69 Å². The first-order chi connectivity index (χ1) is 14.1. The van der Waals surface area contributed by atoms with E-state index in [1.54, 1.807) is 6.33 Å². The lowest BCUT2D eigenvalue weighted by molar-refractivity contribution is -0.125. The summed E-state index contributed by atoms with van der Waals surface area (Å²) in [5.74, 6) is 1.11. The van der Waals surface area contributed by atoms with Gasteiger partial charge in [0.25, 0.3) is 0 Å². The molecular formula is C21H23N5O2S. The van der Waals surface area contributed by atoms with Gasteiger partial charge in [0, 0.05) is 26.3 Å². The zero-order chi connectivity index (χ0) is 20.0. The van der Waals surface area contributed by atoms with Gasteiger partial charge in [0.2, 0.25) is 5.91 Å². The largest absolute Gasteiger partial charge is 0.453 e. The number of para-hydroxylation sites is 1. The summed E-state index contributed by atoms with van der Waals surface area (Å²) in [6.07, 6.45) is 3.57. The van der Waals surface area contributed by atoms with Gasteiger partial charge in [-0.1, -0.05) is 18.2 Å². The van der Waals surface area contributed by atoms with E-state index in [-0.39, 0.29) is 5.91 Å². The van der Waals surface area contributed by atoms with E-state index in [1.807, 2.05) is 53.9 Å². The Hall–Kier alpha value is -2.58. The van der Waals surface area contributed by atoms with E-state index >= 15 is 0 Å². The summed E-state index contributed by atoms with van der Waals surface area (Å²) in [5.41, 5.74) is 1.77. The highest BCUT2D eigenvalue weighted by Crippen LogP contribution is 2.46. The predicted molar refractivity (Wildman–Crippen MR) is 110 cm³/mol. The zero-order valence-electron chi connectivity index (χ0n) is 16.5. The number of hydrogen-bond donors (Lipinski definition) is 0. The topological polar surface area (TPSA) is 67.4 Å². The number of rotatable bonds is 4. The second-order valence-electron chi connectivity index (χ2n) is 7.82. The van der Waals surface area contributed by atoms with Crippen molar-refractivity contribution < 1.29 is 9.21 Å². The number of carbonyl (C=O) groups is 1. The molecule has 3 aromatic rings. The number of furan rings is 1. The quantitative estimate of drug-likeness (QED) is 0.660. The Labute approximate surface area is 173 Å². The van der Waals surface area contributed by atoms with Crippen molar-refractivity contribution in [1.82, 2.24) is 19.7 Å². The van der Waals surface area contributed by atoms with Gasteiger partial charge in [0.1, 0.15) is 12.1 Å². The molecule has 5 rings (SSSR count). The number of amides is 1. The third-order valence-corrected chi connectivity index (χ3v) is 6.92. The van der Waals surface area contributed by atoms with Crippen LogP contribution in [0.25, 0.3) is 0 Å². The third kappa shape index (κ3) is 3.07. The van der Waals surface area contributed by atoms with Crippen molar-refractivity contribution in [3.8, 4) is 0 Å². The minimum Gasteiger partial charge on any atom is -0.453 e. The number of likely N-dealkylation sites (N-methyl/N-ethyl adjacent to an activating group) is 1. The van der Waals surface area contributed by atoms with Crippen LogP contribution in [0.1, 0.15) is 24.2 Å². The number of fused-ring (bicyclic) bond motifs is 2. The number of anilines is 1. The third-order valence-electron chi connectivity index (χ3n) is 5.94. The van der Waals surface area contributed by atoms with Crippen LogP contribution >= 0.6 is 11.8 Å². The number of likely N-dealkylation sites (tertiary alicyclic amines) is 1. The normalized spacial score (nSPS) is 21.9. The average Bonchev–Trinajstić information content (AvgIpc) is 3.40.